The Balaban J connectivity index is 1.80. The highest BCUT2D eigenvalue weighted by atomic mass is 19.4. The molecule has 1 saturated carbocycles. The minimum Gasteiger partial charge on any atom is -0.351 e. The van der Waals surface area contributed by atoms with Crippen LogP contribution < -0.4 is 16.0 Å². The molecule has 0 aromatic heterocycles. The fourth-order valence-electron chi connectivity index (χ4n) is 6.24. The van der Waals surface area contributed by atoms with Gasteiger partial charge in [0.05, 0.1) is 6.07 Å². The molecule has 2 saturated heterocycles. The van der Waals surface area contributed by atoms with Crippen LogP contribution >= 0.6 is 0 Å². The molecule has 12 heteroatoms. The molecule has 9 nitrogen and oxygen atoms in total. The van der Waals surface area contributed by atoms with Gasteiger partial charge < -0.3 is 20.9 Å². The molecule has 0 bridgehead atoms. The molecule has 0 radical (unpaired) electrons. The Morgan fingerprint density at radius 3 is 2.25 bits per heavy atom. The van der Waals surface area contributed by atoms with Crippen LogP contribution in [0.3, 0.4) is 0 Å². The lowest BCUT2D eigenvalue weighted by molar-refractivity contribution is -0.176. The van der Waals surface area contributed by atoms with Gasteiger partial charge >= 0.3 is 12.1 Å². The Hall–Kier alpha value is -2.84. The number of amides is 4. The van der Waals surface area contributed by atoms with Crippen LogP contribution in [0.1, 0.15) is 86.0 Å². The highest BCUT2D eigenvalue weighted by Crippen LogP contribution is 2.39. The molecule has 2 heterocycles. The Morgan fingerprint density at radius 2 is 1.73 bits per heavy atom. The monoisotopic (exact) mass is 569 g/mol. The number of carbonyl (C=O) groups excluding carboxylic acids is 4. The number of nitrogens with one attached hydrogen (secondary N) is 3. The van der Waals surface area contributed by atoms with Gasteiger partial charge in [0.2, 0.25) is 17.7 Å². The maximum absolute atomic E-state index is 13.8. The molecular weight excluding hydrogens is 527 g/mol. The van der Waals surface area contributed by atoms with E-state index in [-0.39, 0.29) is 36.2 Å². The summed E-state index contributed by atoms with van der Waals surface area (Å²) < 4.78 is 39.3. The summed E-state index contributed by atoms with van der Waals surface area (Å²) in [4.78, 5) is 53.0. The van der Waals surface area contributed by atoms with Crippen molar-refractivity contribution in [2.45, 2.75) is 116 Å². The van der Waals surface area contributed by atoms with Gasteiger partial charge in [-0.25, -0.2) is 0 Å². The number of rotatable bonds is 7. The number of hydrogen-bond acceptors (Lipinski definition) is 5. The van der Waals surface area contributed by atoms with Crippen LogP contribution in [0.15, 0.2) is 0 Å². The third-order valence-corrected chi connectivity index (χ3v) is 8.57. The molecule has 3 N–H and O–H groups in total. The van der Waals surface area contributed by atoms with Gasteiger partial charge in [-0.1, -0.05) is 46.5 Å². The predicted octanol–water partition coefficient (Wildman–Crippen LogP) is 3.19. The molecule has 1 aliphatic carbocycles. The Labute approximate surface area is 234 Å². The van der Waals surface area contributed by atoms with E-state index in [0.717, 1.165) is 32.1 Å². The number of piperidine rings is 1. The van der Waals surface area contributed by atoms with E-state index >= 15 is 0 Å². The molecular formula is C28H42F3N5O4. The molecule has 3 aliphatic rings. The molecule has 3 fully saturated rings. The van der Waals surface area contributed by atoms with Crippen molar-refractivity contribution in [3.63, 3.8) is 0 Å². The molecule has 3 rings (SSSR count). The normalized spacial score (nSPS) is 26.9. The minimum absolute atomic E-state index is 0.0203. The van der Waals surface area contributed by atoms with Gasteiger partial charge in [-0.15, -0.1) is 0 Å². The van der Waals surface area contributed by atoms with Gasteiger partial charge in [-0.2, -0.15) is 18.4 Å². The third kappa shape index (κ3) is 7.67. The highest BCUT2D eigenvalue weighted by Gasteiger charge is 2.49. The lowest BCUT2D eigenvalue weighted by atomic mass is 9.83. The van der Waals surface area contributed by atoms with E-state index in [1.165, 1.54) is 4.90 Å². The minimum atomic E-state index is -5.17. The summed E-state index contributed by atoms with van der Waals surface area (Å²) >= 11 is 0. The van der Waals surface area contributed by atoms with Crippen molar-refractivity contribution < 1.29 is 32.3 Å². The maximum atomic E-state index is 13.8. The zero-order valence-corrected chi connectivity index (χ0v) is 24.0. The van der Waals surface area contributed by atoms with E-state index in [9.17, 15) is 37.6 Å². The second-order valence-corrected chi connectivity index (χ2v) is 13.4. The van der Waals surface area contributed by atoms with E-state index in [1.54, 1.807) is 20.8 Å². The SMILES string of the molecule is CC1(C)CC[C@@H](C[C@@H](C#N)NC(=O)[C@@H]2C[C@@H](C3CCCC3)CN2C(=O)[C@@H](NC(=O)C(F)(F)F)C(C)(C)C)C(=O)N1. The summed E-state index contributed by atoms with van der Waals surface area (Å²) in [5.41, 5.74) is -1.41. The van der Waals surface area contributed by atoms with E-state index in [4.69, 9.17) is 0 Å². The fourth-order valence-corrected chi connectivity index (χ4v) is 6.24. The van der Waals surface area contributed by atoms with Crippen molar-refractivity contribution in [3.05, 3.63) is 0 Å². The number of halogens is 3. The van der Waals surface area contributed by atoms with Crippen molar-refractivity contribution in [3.8, 4) is 6.07 Å². The van der Waals surface area contributed by atoms with Crippen LogP contribution in [-0.2, 0) is 19.2 Å². The summed E-state index contributed by atoms with van der Waals surface area (Å²) in [6, 6.07) is -1.44. The van der Waals surface area contributed by atoms with Gasteiger partial charge in [-0.3, -0.25) is 19.2 Å². The number of nitrogens with zero attached hydrogens (tertiary/aromatic N) is 2. The first kappa shape index (κ1) is 31.7. The molecule has 0 unspecified atom stereocenters. The largest absolute Gasteiger partial charge is 0.471 e. The van der Waals surface area contributed by atoms with E-state index in [0.29, 0.717) is 12.8 Å². The number of nitriles is 1. The van der Waals surface area contributed by atoms with E-state index in [1.807, 2.05) is 25.2 Å². The smallest absolute Gasteiger partial charge is 0.351 e. The zero-order valence-electron chi connectivity index (χ0n) is 24.0. The van der Waals surface area contributed by atoms with Gasteiger partial charge in [0.1, 0.15) is 18.1 Å². The van der Waals surface area contributed by atoms with Crippen LogP contribution in [0.25, 0.3) is 0 Å². The third-order valence-electron chi connectivity index (χ3n) is 8.57. The second-order valence-electron chi connectivity index (χ2n) is 13.4. The summed E-state index contributed by atoms with van der Waals surface area (Å²) in [7, 11) is 0. The highest BCUT2D eigenvalue weighted by molar-refractivity contribution is 5.94. The van der Waals surface area contributed by atoms with E-state index < -0.39 is 53.4 Å². The average Bonchev–Trinajstić information content (AvgIpc) is 3.51. The second kappa shape index (κ2) is 12.0. The standard InChI is InChI=1S/C28H42F3N5O4/c1-26(2,3)21(34-25(40)28(29,30)31)24(39)36-15-18(16-8-6-7-9-16)13-20(36)23(38)33-19(14-32)12-17-10-11-27(4,5)35-22(17)37/h16-21H,6-13,15H2,1-5H3,(H,33,38)(H,34,40)(H,35,37)/t17-,18+,19-,20-,21+/m0/s1. The maximum Gasteiger partial charge on any atom is 0.471 e. The summed E-state index contributed by atoms with van der Waals surface area (Å²) in [5, 5.41) is 17.2. The van der Waals surface area contributed by atoms with Crippen molar-refractivity contribution in [1.29, 1.82) is 5.26 Å². The van der Waals surface area contributed by atoms with Crippen molar-refractivity contribution in [2.24, 2.45) is 23.2 Å². The fraction of sp³-hybridized carbons (Fsp3) is 0.821. The molecule has 5 atom stereocenters. The van der Waals surface area contributed by atoms with Crippen molar-refractivity contribution in [1.82, 2.24) is 20.9 Å². The Morgan fingerprint density at radius 1 is 1.10 bits per heavy atom. The number of carbonyl (C=O) groups is 4. The molecule has 4 amide bonds. The lowest BCUT2D eigenvalue weighted by Gasteiger charge is -2.36. The molecule has 224 valence electrons. The molecule has 40 heavy (non-hydrogen) atoms. The van der Waals surface area contributed by atoms with Gasteiger partial charge in [0.25, 0.3) is 0 Å². The van der Waals surface area contributed by atoms with Gasteiger partial charge in [0, 0.05) is 18.0 Å². The predicted molar refractivity (Wildman–Crippen MR) is 140 cm³/mol. The average molecular weight is 570 g/mol. The van der Waals surface area contributed by atoms with Crippen molar-refractivity contribution in [2.75, 3.05) is 6.54 Å². The number of likely N-dealkylation sites (tertiary alicyclic amines) is 1. The summed E-state index contributed by atoms with van der Waals surface area (Å²) in [5.74, 6) is -3.92. The Bertz CT molecular complexity index is 1030. The number of hydrogen-bond donors (Lipinski definition) is 3. The summed E-state index contributed by atoms with van der Waals surface area (Å²) in [6.45, 7) is 8.67. The summed E-state index contributed by atoms with van der Waals surface area (Å²) in [6.07, 6.45) is 0.525. The quantitative estimate of drug-likeness (QED) is 0.434. The molecule has 0 spiro atoms. The first-order valence-corrected chi connectivity index (χ1v) is 14.1. The van der Waals surface area contributed by atoms with Gasteiger partial charge in [-0.05, 0) is 56.8 Å². The molecule has 0 aromatic carbocycles. The molecule has 2 aliphatic heterocycles. The van der Waals surface area contributed by atoms with Crippen LogP contribution in [-0.4, -0.2) is 64.9 Å². The van der Waals surface area contributed by atoms with E-state index in [2.05, 4.69) is 10.6 Å². The Kier molecular flexibility index (Phi) is 9.47. The first-order chi connectivity index (χ1) is 18.4. The van der Waals surface area contributed by atoms with Crippen molar-refractivity contribution >= 4 is 23.6 Å². The number of alkyl halides is 3. The van der Waals surface area contributed by atoms with Gasteiger partial charge in [0.15, 0.2) is 0 Å². The van der Waals surface area contributed by atoms with Crippen LogP contribution in [0.4, 0.5) is 13.2 Å². The van der Waals surface area contributed by atoms with Crippen LogP contribution in [0, 0.1) is 34.5 Å². The van der Waals surface area contributed by atoms with Crippen LogP contribution in [0.2, 0.25) is 0 Å². The lowest BCUT2D eigenvalue weighted by Crippen LogP contribution is -2.59. The van der Waals surface area contributed by atoms with Crippen LogP contribution in [0.5, 0.6) is 0 Å². The zero-order chi connectivity index (χ0) is 30.0. The topological polar surface area (TPSA) is 131 Å². The molecule has 0 aromatic rings. The first-order valence-electron chi connectivity index (χ1n) is 14.1.